The van der Waals surface area contributed by atoms with E-state index < -0.39 is 5.82 Å². The summed E-state index contributed by atoms with van der Waals surface area (Å²) in [5, 5.41) is 5.10. The summed E-state index contributed by atoms with van der Waals surface area (Å²) in [7, 11) is 0. The average molecular weight is 368 g/mol. The number of carbonyl (C=O) groups is 1. The van der Waals surface area contributed by atoms with E-state index in [2.05, 4.69) is 15.3 Å². The molecule has 0 aliphatic rings. The highest BCUT2D eigenvalue weighted by atomic mass is 35.5. The summed E-state index contributed by atoms with van der Waals surface area (Å²) in [6, 6.07) is 7.35. The molecule has 0 spiro atoms. The molecular weight excluding hydrogens is 360 g/mol. The van der Waals surface area contributed by atoms with Crippen molar-refractivity contribution in [2.75, 3.05) is 5.32 Å². The van der Waals surface area contributed by atoms with Crippen LogP contribution in [0, 0.1) is 5.82 Å². The van der Waals surface area contributed by atoms with E-state index in [0.717, 1.165) is 0 Å². The molecule has 23 heavy (non-hydrogen) atoms. The first kappa shape index (κ1) is 15.9. The highest BCUT2D eigenvalue weighted by Crippen LogP contribution is 2.28. The molecule has 8 heteroatoms. The van der Waals surface area contributed by atoms with Crippen LogP contribution in [0.5, 0.6) is 0 Å². The minimum Gasteiger partial charge on any atom is -0.298 e. The summed E-state index contributed by atoms with van der Waals surface area (Å²) in [6.07, 6.45) is 1.45. The van der Waals surface area contributed by atoms with Crippen molar-refractivity contribution in [1.82, 2.24) is 9.97 Å². The van der Waals surface area contributed by atoms with Crippen molar-refractivity contribution < 1.29 is 9.18 Å². The number of nitrogens with one attached hydrogen (secondary N) is 1. The van der Waals surface area contributed by atoms with Gasteiger partial charge in [-0.25, -0.2) is 14.4 Å². The molecule has 0 atom stereocenters. The maximum Gasteiger partial charge on any atom is 0.257 e. The number of anilines is 1. The molecular formula is C15H8Cl2FN3OS. The highest BCUT2D eigenvalue weighted by Gasteiger charge is 2.11. The first-order valence-electron chi connectivity index (χ1n) is 6.37. The zero-order valence-corrected chi connectivity index (χ0v) is 13.7. The van der Waals surface area contributed by atoms with E-state index in [1.807, 2.05) is 0 Å². The zero-order chi connectivity index (χ0) is 16.4. The highest BCUT2D eigenvalue weighted by molar-refractivity contribution is 7.14. The van der Waals surface area contributed by atoms with Gasteiger partial charge in [-0.05, 0) is 30.3 Å². The smallest absolute Gasteiger partial charge is 0.257 e. The molecule has 0 aliphatic heterocycles. The van der Waals surface area contributed by atoms with Crippen LogP contribution in [0.3, 0.4) is 0 Å². The number of pyridine rings is 1. The van der Waals surface area contributed by atoms with Crippen LogP contribution in [0.2, 0.25) is 10.2 Å². The number of aromatic nitrogens is 2. The molecule has 2 aromatic heterocycles. The third-order valence-electron chi connectivity index (χ3n) is 2.93. The molecule has 1 amide bonds. The fraction of sp³-hybridized carbons (Fsp3) is 0. The number of nitrogens with zero attached hydrogens (tertiary/aromatic N) is 2. The molecule has 1 aromatic carbocycles. The molecule has 2 heterocycles. The first-order valence-corrected chi connectivity index (χ1v) is 8.00. The minimum absolute atomic E-state index is 0.0208. The number of amides is 1. The van der Waals surface area contributed by atoms with Crippen LogP contribution in [-0.2, 0) is 0 Å². The maximum absolute atomic E-state index is 13.2. The van der Waals surface area contributed by atoms with Crippen molar-refractivity contribution in [2.24, 2.45) is 0 Å². The van der Waals surface area contributed by atoms with Crippen LogP contribution in [-0.4, -0.2) is 15.9 Å². The van der Waals surface area contributed by atoms with E-state index in [1.165, 1.54) is 35.7 Å². The first-order chi connectivity index (χ1) is 11.0. The molecule has 0 bridgehead atoms. The summed E-state index contributed by atoms with van der Waals surface area (Å²) in [6.45, 7) is 0. The Balaban J connectivity index is 1.79. The van der Waals surface area contributed by atoms with Gasteiger partial charge in [-0.1, -0.05) is 23.2 Å². The predicted molar refractivity (Wildman–Crippen MR) is 89.7 cm³/mol. The summed E-state index contributed by atoms with van der Waals surface area (Å²) in [4.78, 5) is 20.2. The molecule has 116 valence electrons. The summed E-state index contributed by atoms with van der Waals surface area (Å²) < 4.78 is 13.2. The summed E-state index contributed by atoms with van der Waals surface area (Å²) in [5.74, 6) is -0.832. The van der Waals surface area contributed by atoms with E-state index in [4.69, 9.17) is 23.2 Å². The number of thiazole rings is 1. The Labute approximate surface area is 144 Å². The second-order valence-corrected chi connectivity index (χ2v) is 6.14. The van der Waals surface area contributed by atoms with Gasteiger partial charge in [-0.3, -0.25) is 10.1 Å². The lowest BCUT2D eigenvalue weighted by molar-refractivity contribution is 0.102. The van der Waals surface area contributed by atoms with Gasteiger partial charge in [-0.15, -0.1) is 11.3 Å². The van der Waals surface area contributed by atoms with Crippen LogP contribution < -0.4 is 5.32 Å². The maximum atomic E-state index is 13.2. The molecule has 0 saturated heterocycles. The molecule has 0 saturated carbocycles. The molecule has 0 fully saturated rings. The van der Waals surface area contributed by atoms with Gasteiger partial charge >= 0.3 is 0 Å². The van der Waals surface area contributed by atoms with Gasteiger partial charge in [0.25, 0.3) is 5.91 Å². The van der Waals surface area contributed by atoms with Gasteiger partial charge in [0.05, 0.1) is 10.7 Å². The van der Waals surface area contributed by atoms with Crippen LogP contribution in [0.1, 0.15) is 10.4 Å². The van der Waals surface area contributed by atoms with Crippen molar-refractivity contribution in [1.29, 1.82) is 0 Å². The van der Waals surface area contributed by atoms with Gasteiger partial charge in [0.2, 0.25) is 0 Å². The van der Waals surface area contributed by atoms with E-state index in [-0.39, 0.29) is 16.1 Å². The van der Waals surface area contributed by atoms with Crippen molar-refractivity contribution in [3.05, 3.63) is 63.5 Å². The van der Waals surface area contributed by atoms with E-state index in [1.54, 1.807) is 17.5 Å². The molecule has 1 N–H and O–H groups in total. The van der Waals surface area contributed by atoms with Gasteiger partial charge < -0.3 is 0 Å². The average Bonchev–Trinajstić information content (AvgIpc) is 2.98. The lowest BCUT2D eigenvalue weighted by atomic mass is 10.2. The Hall–Kier alpha value is -2.02. The molecule has 0 radical (unpaired) electrons. The van der Waals surface area contributed by atoms with Gasteiger partial charge in [0, 0.05) is 22.7 Å². The predicted octanol–water partition coefficient (Wildman–Crippen LogP) is 4.90. The van der Waals surface area contributed by atoms with Gasteiger partial charge in [0.1, 0.15) is 11.0 Å². The second kappa shape index (κ2) is 6.62. The summed E-state index contributed by atoms with van der Waals surface area (Å²) in [5.41, 5.74) is 1.65. The van der Waals surface area contributed by atoms with Crippen LogP contribution in [0.25, 0.3) is 11.3 Å². The molecule has 3 aromatic rings. The van der Waals surface area contributed by atoms with E-state index in [0.29, 0.717) is 22.0 Å². The van der Waals surface area contributed by atoms with Crippen molar-refractivity contribution >= 4 is 45.6 Å². The van der Waals surface area contributed by atoms with E-state index >= 15 is 0 Å². The number of hydrogen-bond acceptors (Lipinski definition) is 4. The third kappa shape index (κ3) is 3.67. The minimum atomic E-state index is -0.492. The van der Waals surface area contributed by atoms with Crippen molar-refractivity contribution in [3.63, 3.8) is 0 Å². The topological polar surface area (TPSA) is 54.9 Å². The quantitative estimate of drug-likeness (QED) is 0.669. The Morgan fingerprint density at radius 2 is 2.04 bits per heavy atom. The SMILES string of the molecule is O=C(Nc1nc(-c2ccc(F)c(Cl)c2)cs1)c1ccnc(Cl)c1. The zero-order valence-electron chi connectivity index (χ0n) is 11.4. The second-order valence-electron chi connectivity index (χ2n) is 4.49. The third-order valence-corrected chi connectivity index (χ3v) is 4.18. The number of benzene rings is 1. The number of halogens is 3. The monoisotopic (exact) mass is 367 g/mol. The number of hydrogen-bond donors (Lipinski definition) is 1. The molecule has 0 aliphatic carbocycles. The van der Waals surface area contributed by atoms with Crippen molar-refractivity contribution in [2.45, 2.75) is 0 Å². The van der Waals surface area contributed by atoms with E-state index in [9.17, 15) is 9.18 Å². The largest absolute Gasteiger partial charge is 0.298 e. The Kier molecular flexibility index (Phi) is 4.56. The molecule has 3 rings (SSSR count). The van der Waals surface area contributed by atoms with Gasteiger partial charge in [-0.2, -0.15) is 0 Å². The van der Waals surface area contributed by atoms with Crippen LogP contribution in [0.15, 0.2) is 41.9 Å². The Bertz CT molecular complexity index is 885. The number of rotatable bonds is 3. The normalized spacial score (nSPS) is 10.6. The fourth-order valence-corrected chi connectivity index (χ4v) is 2.90. The van der Waals surface area contributed by atoms with Gasteiger partial charge in [0.15, 0.2) is 5.13 Å². The molecule has 4 nitrogen and oxygen atoms in total. The molecule has 0 unspecified atom stereocenters. The number of carbonyl (C=O) groups excluding carboxylic acids is 1. The fourth-order valence-electron chi connectivity index (χ4n) is 1.83. The van der Waals surface area contributed by atoms with Crippen LogP contribution >= 0.6 is 34.5 Å². The lowest BCUT2D eigenvalue weighted by Gasteiger charge is -2.02. The Morgan fingerprint density at radius 3 is 2.78 bits per heavy atom. The lowest BCUT2D eigenvalue weighted by Crippen LogP contribution is -2.11. The van der Waals surface area contributed by atoms with Crippen molar-refractivity contribution in [3.8, 4) is 11.3 Å². The summed E-state index contributed by atoms with van der Waals surface area (Å²) >= 11 is 12.8. The Morgan fingerprint density at radius 1 is 1.22 bits per heavy atom. The standard InChI is InChI=1S/C15H8Cl2FN3OS/c16-10-5-8(1-2-11(10)18)12-7-23-15(20-12)21-14(22)9-3-4-19-13(17)6-9/h1-7H,(H,20,21,22). The van der Waals surface area contributed by atoms with Crippen LogP contribution in [0.4, 0.5) is 9.52 Å².